The molecule has 0 radical (unpaired) electrons. The standard InChI is InChI=1S/C16H14N4O2S2/c1-3-9-23-16-19-18-15(24-16)17-14(21)12-10(2)20-22-13(12)11-7-5-4-6-8-11/h3-8H,1,9H2,2H3,(H,17,18,21). The first kappa shape index (κ1) is 16.4. The van der Waals surface area contributed by atoms with Crippen LogP contribution in [-0.4, -0.2) is 27.0 Å². The summed E-state index contributed by atoms with van der Waals surface area (Å²) in [5.74, 6) is 0.867. The van der Waals surface area contributed by atoms with Crippen molar-refractivity contribution in [3.05, 3.63) is 54.2 Å². The van der Waals surface area contributed by atoms with Crippen molar-refractivity contribution in [2.75, 3.05) is 11.1 Å². The van der Waals surface area contributed by atoms with E-state index >= 15 is 0 Å². The summed E-state index contributed by atoms with van der Waals surface area (Å²) in [4.78, 5) is 12.6. The highest BCUT2D eigenvalue weighted by molar-refractivity contribution is 8.01. The first-order chi connectivity index (χ1) is 11.7. The van der Waals surface area contributed by atoms with Crippen LogP contribution in [0.4, 0.5) is 5.13 Å². The van der Waals surface area contributed by atoms with Crippen LogP contribution in [0.2, 0.25) is 0 Å². The number of aryl methyl sites for hydroxylation is 1. The number of benzene rings is 1. The van der Waals surface area contributed by atoms with Gasteiger partial charge in [-0.25, -0.2) is 0 Å². The van der Waals surface area contributed by atoms with E-state index in [1.807, 2.05) is 30.3 Å². The predicted octanol–water partition coefficient (Wildman–Crippen LogP) is 4.03. The molecule has 0 atom stereocenters. The van der Waals surface area contributed by atoms with Crippen molar-refractivity contribution in [2.24, 2.45) is 0 Å². The third kappa shape index (κ3) is 3.55. The lowest BCUT2D eigenvalue weighted by Crippen LogP contribution is -2.13. The quantitative estimate of drug-likeness (QED) is 0.407. The van der Waals surface area contributed by atoms with Gasteiger partial charge in [0.1, 0.15) is 5.56 Å². The molecule has 3 aromatic rings. The van der Waals surface area contributed by atoms with E-state index in [2.05, 4.69) is 27.2 Å². The Labute approximate surface area is 147 Å². The van der Waals surface area contributed by atoms with Gasteiger partial charge >= 0.3 is 0 Å². The van der Waals surface area contributed by atoms with Crippen LogP contribution in [0.5, 0.6) is 0 Å². The molecule has 122 valence electrons. The zero-order chi connectivity index (χ0) is 16.9. The fraction of sp³-hybridized carbons (Fsp3) is 0.125. The van der Waals surface area contributed by atoms with Gasteiger partial charge in [0.25, 0.3) is 5.91 Å². The maximum Gasteiger partial charge on any atom is 0.263 e. The molecule has 0 aliphatic rings. The molecule has 2 aromatic heterocycles. The lowest BCUT2D eigenvalue weighted by molar-refractivity contribution is 0.102. The molecule has 1 N–H and O–H groups in total. The molecule has 0 aliphatic carbocycles. The highest BCUT2D eigenvalue weighted by Gasteiger charge is 2.22. The van der Waals surface area contributed by atoms with E-state index in [-0.39, 0.29) is 5.91 Å². The number of hydrogen-bond donors (Lipinski definition) is 1. The van der Waals surface area contributed by atoms with Gasteiger partial charge in [0.2, 0.25) is 5.13 Å². The fourth-order valence-corrected chi connectivity index (χ4v) is 3.54. The van der Waals surface area contributed by atoms with Crippen LogP contribution < -0.4 is 5.32 Å². The van der Waals surface area contributed by atoms with Crippen molar-refractivity contribution in [1.29, 1.82) is 0 Å². The molecule has 24 heavy (non-hydrogen) atoms. The predicted molar refractivity (Wildman–Crippen MR) is 95.5 cm³/mol. The number of thioether (sulfide) groups is 1. The second-order valence-electron chi connectivity index (χ2n) is 4.77. The Morgan fingerprint density at radius 2 is 2.17 bits per heavy atom. The summed E-state index contributed by atoms with van der Waals surface area (Å²) in [7, 11) is 0. The van der Waals surface area contributed by atoms with Gasteiger partial charge in [0, 0.05) is 11.3 Å². The Kier molecular flexibility index (Phi) is 5.07. The SMILES string of the molecule is C=CCSc1nnc(NC(=O)c2c(C)noc2-c2ccccc2)s1. The molecule has 0 unspecified atom stereocenters. The monoisotopic (exact) mass is 358 g/mol. The van der Waals surface area contributed by atoms with Crippen LogP contribution in [0.25, 0.3) is 11.3 Å². The molecule has 0 saturated carbocycles. The lowest BCUT2D eigenvalue weighted by atomic mass is 10.1. The third-order valence-corrected chi connectivity index (χ3v) is 5.05. The van der Waals surface area contributed by atoms with Crippen LogP contribution in [0.15, 0.2) is 51.8 Å². The second kappa shape index (κ2) is 7.41. The Bertz CT molecular complexity index is 858. The zero-order valence-electron chi connectivity index (χ0n) is 12.9. The van der Waals surface area contributed by atoms with Crippen molar-refractivity contribution >= 4 is 34.1 Å². The van der Waals surface area contributed by atoms with Gasteiger partial charge in [-0.15, -0.1) is 16.8 Å². The molecule has 6 nitrogen and oxygen atoms in total. The van der Waals surface area contributed by atoms with Gasteiger partial charge in [0.05, 0.1) is 5.69 Å². The first-order valence-electron chi connectivity index (χ1n) is 7.09. The van der Waals surface area contributed by atoms with Crippen molar-refractivity contribution in [2.45, 2.75) is 11.3 Å². The number of hydrogen-bond acceptors (Lipinski definition) is 7. The Morgan fingerprint density at radius 1 is 1.38 bits per heavy atom. The van der Waals surface area contributed by atoms with Crippen molar-refractivity contribution in [3.8, 4) is 11.3 Å². The lowest BCUT2D eigenvalue weighted by Gasteiger charge is -2.02. The van der Waals surface area contributed by atoms with E-state index in [1.165, 1.54) is 23.1 Å². The zero-order valence-corrected chi connectivity index (χ0v) is 14.5. The molecule has 1 amide bonds. The largest absolute Gasteiger partial charge is 0.355 e. The highest BCUT2D eigenvalue weighted by atomic mass is 32.2. The van der Waals surface area contributed by atoms with Gasteiger partial charge in [0.15, 0.2) is 10.1 Å². The maximum absolute atomic E-state index is 12.6. The Morgan fingerprint density at radius 3 is 2.92 bits per heavy atom. The number of aromatic nitrogens is 3. The summed E-state index contributed by atoms with van der Waals surface area (Å²) < 4.78 is 6.11. The topological polar surface area (TPSA) is 80.9 Å². The number of rotatable bonds is 6. The Hall–Kier alpha value is -2.45. The minimum absolute atomic E-state index is 0.316. The molecule has 0 aliphatic heterocycles. The molecule has 2 heterocycles. The van der Waals surface area contributed by atoms with E-state index in [0.29, 0.717) is 22.1 Å². The molecule has 0 saturated heterocycles. The number of carbonyl (C=O) groups excluding carboxylic acids is 1. The van der Waals surface area contributed by atoms with Crippen LogP contribution in [0.1, 0.15) is 16.1 Å². The first-order valence-corrected chi connectivity index (χ1v) is 8.89. The average molecular weight is 358 g/mol. The van der Waals surface area contributed by atoms with E-state index in [0.717, 1.165) is 15.7 Å². The minimum atomic E-state index is -0.316. The molecule has 1 aromatic carbocycles. The van der Waals surface area contributed by atoms with Crippen LogP contribution >= 0.6 is 23.1 Å². The van der Waals surface area contributed by atoms with Gasteiger partial charge in [-0.2, -0.15) is 0 Å². The summed E-state index contributed by atoms with van der Waals surface area (Å²) >= 11 is 2.83. The van der Waals surface area contributed by atoms with Crippen molar-refractivity contribution in [1.82, 2.24) is 15.4 Å². The number of amides is 1. The van der Waals surface area contributed by atoms with Gasteiger partial charge < -0.3 is 4.52 Å². The summed E-state index contributed by atoms with van der Waals surface area (Å²) in [5.41, 5.74) is 1.72. The number of nitrogens with one attached hydrogen (secondary N) is 1. The molecule has 8 heteroatoms. The average Bonchev–Trinajstić information content (AvgIpc) is 3.20. The van der Waals surface area contributed by atoms with Gasteiger partial charge in [-0.05, 0) is 6.92 Å². The molecule has 0 bridgehead atoms. The van der Waals surface area contributed by atoms with Gasteiger partial charge in [-0.1, -0.05) is 64.7 Å². The number of anilines is 1. The summed E-state index contributed by atoms with van der Waals surface area (Å²) in [6.07, 6.45) is 1.79. The molecule has 0 spiro atoms. The van der Waals surface area contributed by atoms with E-state index in [9.17, 15) is 4.79 Å². The molecule has 3 rings (SSSR count). The minimum Gasteiger partial charge on any atom is -0.355 e. The maximum atomic E-state index is 12.6. The third-order valence-electron chi connectivity index (χ3n) is 3.08. The van der Waals surface area contributed by atoms with Crippen molar-refractivity contribution < 1.29 is 9.32 Å². The highest BCUT2D eigenvalue weighted by Crippen LogP contribution is 2.29. The van der Waals surface area contributed by atoms with Crippen LogP contribution in [0, 0.1) is 6.92 Å². The van der Waals surface area contributed by atoms with Gasteiger partial charge in [-0.3, -0.25) is 10.1 Å². The van der Waals surface area contributed by atoms with Crippen LogP contribution in [0.3, 0.4) is 0 Å². The molecular formula is C16H14N4O2S2. The molecular weight excluding hydrogens is 344 g/mol. The Balaban J connectivity index is 1.82. The smallest absolute Gasteiger partial charge is 0.263 e. The fourth-order valence-electron chi connectivity index (χ4n) is 2.03. The van der Waals surface area contributed by atoms with E-state index in [4.69, 9.17) is 4.52 Å². The molecule has 0 fully saturated rings. The second-order valence-corrected chi connectivity index (χ2v) is 7.01. The number of nitrogens with zero attached hydrogens (tertiary/aromatic N) is 3. The summed E-state index contributed by atoms with van der Waals surface area (Å²) in [5, 5.41) is 15.1. The normalized spacial score (nSPS) is 10.5. The van der Waals surface area contributed by atoms with Crippen LogP contribution in [-0.2, 0) is 0 Å². The number of carbonyl (C=O) groups is 1. The van der Waals surface area contributed by atoms with E-state index in [1.54, 1.807) is 13.0 Å². The van der Waals surface area contributed by atoms with E-state index < -0.39 is 0 Å². The van der Waals surface area contributed by atoms with Crippen molar-refractivity contribution in [3.63, 3.8) is 0 Å². The summed E-state index contributed by atoms with van der Waals surface area (Å²) in [6.45, 7) is 5.39. The summed E-state index contributed by atoms with van der Waals surface area (Å²) in [6, 6.07) is 9.39.